The summed E-state index contributed by atoms with van der Waals surface area (Å²) in [5.41, 5.74) is 0.799. The molecule has 0 bridgehead atoms. The van der Waals surface area contributed by atoms with E-state index in [-0.39, 0.29) is 0 Å². The van der Waals surface area contributed by atoms with Crippen LogP contribution in [0.5, 0.6) is 6.01 Å². The van der Waals surface area contributed by atoms with Crippen LogP contribution in [0.15, 0.2) is 12.4 Å². The molecule has 0 fully saturated rings. The molecule has 1 rings (SSSR count). The summed E-state index contributed by atoms with van der Waals surface area (Å²) in [6.45, 7) is 4.02. The summed E-state index contributed by atoms with van der Waals surface area (Å²) in [5.74, 6) is -1.24. The first-order valence-corrected chi connectivity index (χ1v) is 4.80. The van der Waals surface area contributed by atoms with Gasteiger partial charge in [0.25, 0.3) is 0 Å². The molecule has 0 aromatic carbocycles. The maximum atomic E-state index is 10.6. The van der Waals surface area contributed by atoms with E-state index >= 15 is 0 Å². The van der Waals surface area contributed by atoms with Crippen LogP contribution >= 0.6 is 0 Å². The van der Waals surface area contributed by atoms with Gasteiger partial charge in [-0.2, -0.15) is 0 Å². The molecule has 0 aliphatic carbocycles. The summed E-state index contributed by atoms with van der Waals surface area (Å²) in [7, 11) is 0. The van der Waals surface area contributed by atoms with Gasteiger partial charge in [0.05, 0.1) is 12.5 Å². The lowest BCUT2D eigenvalue weighted by Gasteiger charge is -2.05. The molecule has 82 valence electrons. The van der Waals surface area contributed by atoms with E-state index in [9.17, 15) is 4.79 Å². The van der Waals surface area contributed by atoms with E-state index in [0.29, 0.717) is 19.0 Å². The average Bonchev–Trinajstić information content (AvgIpc) is 2.21. The number of carbonyl (C=O) groups is 1. The van der Waals surface area contributed by atoms with E-state index in [1.165, 1.54) is 0 Å². The Morgan fingerprint density at radius 3 is 2.60 bits per heavy atom. The third-order valence-electron chi connectivity index (χ3n) is 1.92. The Morgan fingerprint density at radius 2 is 2.13 bits per heavy atom. The van der Waals surface area contributed by atoms with Gasteiger partial charge < -0.3 is 9.84 Å². The molecule has 1 atom stereocenters. The van der Waals surface area contributed by atoms with Crippen molar-refractivity contribution in [2.24, 2.45) is 5.92 Å². The summed E-state index contributed by atoms with van der Waals surface area (Å²) < 4.78 is 5.07. The highest BCUT2D eigenvalue weighted by Gasteiger charge is 2.11. The zero-order chi connectivity index (χ0) is 11.3. The highest BCUT2D eigenvalue weighted by molar-refractivity contribution is 5.69. The van der Waals surface area contributed by atoms with Crippen LogP contribution in [0.2, 0.25) is 0 Å². The summed E-state index contributed by atoms with van der Waals surface area (Å²) in [6.07, 6.45) is 3.62. The lowest BCUT2D eigenvalue weighted by Crippen LogP contribution is -2.12. The number of aromatic nitrogens is 2. The van der Waals surface area contributed by atoms with Crippen molar-refractivity contribution in [3.05, 3.63) is 18.0 Å². The molecule has 15 heavy (non-hydrogen) atoms. The number of aliphatic carboxylic acids is 1. The third kappa shape index (κ3) is 3.53. The van der Waals surface area contributed by atoms with Crippen LogP contribution in [0.3, 0.4) is 0 Å². The summed E-state index contributed by atoms with van der Waals surface area (Å²) in [5, 5.41) is 8.72. The highest BCUT2D eigenvalue weighted by atomic mass is 16.5. The molecule has 1 N–H and O–H groups in total. The number of hydrogen-bond acceptors (Lipinski definition) is 4. The Bertz CT molecular complexity index is 324. The maximum Gasteiger partial charge on any atom is 0.316 e. The van der Waals surface area contributed by atoms with Gasteiger partial charge in [-0.1, -0.05) is 6.92 Å². The van der Waals surface area contributed by atoms with E-state index in [0.717, 1.165) is 5.56 Å². The fourth-order valence-corrected chi connectivity index (χ4v) is 1.09. The molecule has 0 aliphatic heterocycles. The molecule has 5 heteroatoms. The maximum absolute atomic E-state index is 10.6. The average molecular weight is 210 g/mol. The van der Waals surface area contributed by atoms with Gasteiger partial charge in [0.15, 0.2) is 0 Å². The van der Waals surface area contributed by atoms with Crippen LogP contribution in [0.25, 0.3) is 0 Å². The normalized spacial score (nSPS) is 12.1. The number of carboxylic acid groups (broad SMARTS) is 1. The molecule has 0 saturated carbocycles. The number of rotatable bonds is 5. The second-order valence-corrected chi connectivity index (χ2v) is 3.25. The van der Waals surface area contributed by atoms with Gasteiger partial charge >= 0.3 is 12.0 Å². The Morgan fingerprint density at radius 1 is 1.53 bits per heavy atom. The predicted molar refractivity (Wildman–Crippen MR) is 53.7 cm³/mol. The van der Waals surface area contributed by atoms with Crippen LogP contribution in [0.1, 0.15) is 19.4 Å². The van der Waals surface area contributed by atoms with E-state index in [1.54, 1.807) is 19.3 Å². The standard InChI is InChI=1S/C10H14N2O3/c1-3-15-10-11-5-8(6-12-10)4-7(2)9(13)14/h5-7H,3-4H2,1-2H3,(H,13,14). The van der Waals surface area contributed by atoms with Gasteiger partial charge in [0, 0.05) is 12.4 Å². The fraction of sp³-hybridized carbons (Fsp3) is 0.500. The SMILES string of the molecule is CCOc1ncc(CC(C)C(=O)O)cn1. The van der Waals surface area contributed by atoms with Crippen LogP contribution < -0.4 is 4.74 Å². The highest BCUT2D eigenvalue weighted by Crippen LogP contribution is 2.08. The van der Waals surface area contributed by atoms with Gasteiger partial charge in [0.1, 0.15) is 0 Å². The van der Waals surface area contributed by atoms with E-state index in [1.807, 2.05) is 6.92 Å². The zero-order valence-electron chi connectivity index (χ0n) is 8.80. The Balaban J connectivity index is 2.60. The molecule has 0 saturated heterocycles. The molecule has 1 aromatic heterocycles. The predicted octanol–water partition coefficient (Wildman–Crippen LogP) is 1.14. The Hall–Kier alpha value is -1.65. The summed E-state index contributed by atoms with van der Waals surface area (Å²) >= 11 is 0. The first-order valence-electron chi connectivity index (χ1n) is 4.80. The summed E-state index contributed by atoms with van der Waals surface area (Å²) in [4.78, 5) is 18.5. The van der Waals surface area contributed by atoms with E-state index < -0.39 is 11.9 Å². The van der Waals surface area contributed by atoms with E-state index in [2.05, 4.69) is 9.97 Å². The van der Waals surface area contributed by atoms with Gasteiger partial charge in [-0.25, -0.2) is 9.97 Å². The molecule has 0 spiro atoms. The number of carboxylic acids is 1. The molecule has 1 aromatic rings. The third-order valence-corrected chi connectivity index (χ3v) is 1.92. The minimum Gasteiger partial charge on any atom is -0.481 e. The van der Waals surface area contributed by atoms with Crippen molar-refractivity contribution in [3.63, 3.8) is 0 Å². The van der Waals surface area contributed by atoms with Crippen molar-refractivity contribution in [1.29, 1.82) is 0 Å². The largest absolute Gasteiger partial charge is 0.481 e. The molecule has 1 heterocycles. The molecule has 1 unspecified atom stereocenters. The number of nitrogens with zero attached hydrogens (tertiary/aromatic N) is 2. The van der Waals surface area contributed by atoms with Gasteiger partial charge in [-0.3, -0.25) is 4.79 Å². The molecular formula is C10H14N2O3. The van der Waals surface area contributed by atoms with Gasteiger partial charge in [0.2, 0.25) is 0 Å². The second kappa shape index (κ2) is 5.29. The lowest BCUT2D eigenvalue weighted by molar-refractivity contribution is -0.141. The van der Waals surface area contributed by atoms with Gasteiger partial charge in [-0.05, 0) is 18.9 Å². The molecule has 0 radical (unpaired) electrons. The molecule has 0 aliphatic rings. The van der Waals surface area contributed by atoms with Crippen molar-refractivity contribution in [3.8, 4) is 6.01 Å². The molecule has 5 nitrogen and oxygen atoms in total. The van der Waals surface area contributed by atoms with E-state index in [4.69, 9.17) is 9.84 Å². The number of ether oxygens (including phenoxy) is 1. The lowest BCUT2D eigenvalue weighted by atomic mass is 10.0. The van der Waals surface area contributed by atoms with Crippen LogP contribution in [0, 0.1) is 5.92 Å². The molecule has 0 amide bonds. The van der Waals surface area contributed by atoms with Crippen LogP contribution in [0.4, 0.5) is 0 Å². The second-order valence-electron chi connectivity index (χ2n) is 3.25. The number of hydrogen-bond donors (Lipinski definition) is 1. The molecular weight excluding hydrogens is 196 g/mol. The minimum atomic E-state index is -0.816. The van der Waals surface area contributed by atoms with Crippen molar-refractivity contribution in [1.82, 2.24) is 9.97 Å². The van der Waals surface area contributed by atoms with Crippen LogP contribution in [-0.2, 0) is 11.2 Å². The van der Waals surface area contributed by atoms with Crippen molar-refractivity contribution in [2.45, 2.75) is 20.3 Å². The van der Waals surface area contributed by atoms with Crippen molar-refractivity contribution >= 4 is 5.97 Å². The monoisotopic (exact) mass is 210 g/mol. The topological polar surface area (TPSA) is 72.3 Å². The summed E-state index contributed by atoms with van der Waals surface area (Å²) in [6, 6.07) is 0.323. The Kier molecular flexibility index (Phi) is 4.03. The minimum absolute atomic E-state index is 0.323. The smallest absolute Gasteiger partial charge is 0.316 e. The fourth-order valence-electron chi connectivity index (χ4n) is 1.09. The van der Waals surface area contributed by atoms with Crippen LogP contribution in [-0.4, -0.2) is 27.7 Å². The van der Waals surface area contributed by atoms with Crippen molar-refractivity contribution in [2.75, 3.05) is 6.61 Å². The zero-order valence-corrected chi connectivity index (χ0v) is 8.80. The van der Waals surface area contributed by atoms with Crippen molar-refractivity contribution < 1.29 is 14.6 Å². The first-order chi connectivity index (χ1) is 7.13. The quantitative estimate of drug-likeness (QED) is 0.788. The van der Waals surface area contributed by atoms with Gasteiger partial charge in [-0.15, -0.1) is 0 Å². The first kappa shape index (κ1) is 11.4. The Labute approximate surface area is 88.1 Å².